The standard InChI is InChI=1S/C30H27N5OS/c1-20-8-12-24(13-9-20)29-33-34-30(35(29)27-16-10-21(2)11-17-27)37-19-28(36)32-31-22(3)25-15-14-23-6-4-5-7-26(23)18-25/h4-18H,19H2,1-3H3,(H,32,36)/b31-22-. The zero-order chi connectivity index (χ0) is 25.8. The van der Waals surface area contributed by atoms with Crippen LogP contribution in [0.25, 0.3) is 27.8 Å². The maximum atomic E-state index is 12.7. The molecule has 1 N–H and O–H groups in total. The molecule has 0 aliphatic rings. The van der Waals surface area contributed by atoms with Gasteiger partial charge in [-0.25, -0.2) is 5.43 Å². The van der Waals surface area contributed by atoms with Crippen LogP contribution in [0.1, 0.15) is 23.6 Å². The summed E-state index contributed by atoms with van der Waals surface area (Å²) >= 11 is 1.33. The number of rotatable bonds is 7. The first-order valence-corrected chi connectivity index (χ1v) is 13.0. The van der Waals surface area contributed by atoms with Crippen LogP contribution >= 0.6 is 11.8 Å². The molecule has 0 unspecified atom stereocenters. The van der Waals surface area contributed by atoms with Gasteiger partial charge in [0, 0.05) is 11.3 Å². The molecule has 0 bridgehead atoms. The van der Waals surface area contributed by atoms with E-state index < -0.39 is 0 Å². The number of benzene rings is 4. The summed E-state index contributed by atoms with van der Waals surface area (Å²) < 4.78 is 1.99. The van der Waals surface area contributed by atoms with E-state index in [0.717, 1.165) is 33.7 Å². The zero-order valence-electron chi connectivity index (χ0n) is 21.0. The number of carbonyl (C=O) groups excluding carboxylic acids is 1. The van der Waals surface area contributed by atoms with E-state index in [1.807, 2.05) is 54.0 Å². The zero-order valence-corrected chi connectivity index (χ0v) is 21.8. The predicted molar refractivity (Wildman–Crippen MR) is 151 cm³/mol. The molecule has 6 nitrogen and oxygen atoms in total. The lowest BCUT2D eigenvalue weighted by molar-refractivity contribution is -0.118. The summed E-state index contributed by atoms with van der Waals surface area (Å²) in [5, 5.41) is 16.2. The molecule has 0 fully saturated rings. The van der Waals surface area contributed by atoms with Gasteiger partial charge in [-0.05, 0) is 55.3 Å². The third kappa shape index (κ3) is 5.62. The Morgan fingerprint density at radius 1 is 0.865 bits per heavy atom. The van der Waals surface area contributed by atoms with Crippen molar-refractivity contribution >= 4 is 34.2 Å². The Kier molecular flexibility index (Phi) is 7.14. The monoisotopic (exact) mass is 505 g/mol. The summed E-state index contributed by atoms with van der Waals surface area (Å²) in [5.74, 6) is 0.685. The number of thioether (sulfide) groups is 1. The Hall–Kier alpha value is -4.23. The highest BCUT2D eigenvalue weighted by Gasteiger charge is 2.17. The molecule has 0 aliphatic carbocycles. The van der Waals surface area contributed by atoms with Gasteiger partial charge in [0.15, 0.2) is 11.0 Å². The van der Waals surface area contributed by atoms with Crippen LogP contribution in [0.2, 0.25) is 0 Å². The summed E-state index contributed by atoms with van der Waals surface area (Å²) in [5.41, 5.74) is 8.64. The molecule has 184 valence electrons. The maximum Gasteiger partial charge on any atom is 0.250 e. The van der Waals surface area contributed by atoms with Crippen LogP contribution in [0.15, 0.2) is 101 Å². The fourth-order valence-electron chi connectivity index (χ4n) is 3.97. The molecule has 0 radical (unpaired) electrons. The van der Waals surface area contributed by atoms with Crippen molar-refractivity contribution in [3.05, 3.63) is 108 Å². The van der Waals surface area contributed by atoms with Crippen molar-refractivity contribution in [2.45, 2.75) is 25.9 Å². The number of amides is 1. The Morgan fingerprint density at radius 3 is 2.27 bits per heavy atom. The topological polar surface area (TPSA) is 72.2 Å². The molecular formula is C30H27N5OS. The minimum atomic E-state index is -0.208. The number of nitrogens with one attached hydrogen (secondary N) is 1. The molecule has 1 aromatic heterocycles. The molecule has 5 rings (SSSR count). The predicted octanol–water partition coefficient (Wildman–Crippen LogP) is 6.34. The Labute approximate surface area is 220 Å². The average molecular weight is 506 g/mol. The summed E-state index contributed by atoms with van der Waals surface area (Å²) in [6.45, 7) is 6.00. The van der Waals surface area contributed by atoms with Gasteiger partial charge in [0.2, 0.25) is 0 Å². The van der Waals surface area contributed by atoms with E-state index in [4.69, 9.17) is 0 Å². The highest BCUT2D eigenvalue weighted by atomic mass is 32.2. The highest BCUT2D eigenvalue weighted by Crippen LogP contribution is 2.28. The van der Waals surface area contributed by atoms with Gasteiger partial charge < -0.3 is 0 Å². The number of nitrogens with zero attached hydrogens (tertiary/aromatic N) is 4. The largest absolute Gasteiger partial charge is 0.272 e. The van der Waals surface area contributed by atoms with Gasteiger partial charge in [-0.2, -0.15) is 5.10 Å². The highest BCUT2D eigenvalue weighted by molar-refractivity contribution is 7.99. The lowest BCUT2D eigenvalue weighted by Crippen LogP contribution is -2.21. The first-order valence-electron chi connectivity index (χ1n) is 12.0. The molecule has 7 heteroatoms. The SMILES string of the molecule is C/C(=N/NC(=O)CSc1nnc(-c2ccc(C)cc2)n1-c1ccc(C)cc1)c1ccc2ccccc2c1. The van der Waals surface area contributed by atoms with Crippen molar-refractivity contribution in [3.8, 4) is 17.1 Å². The van der Waals surface area contributed by atoms with Crippen molar-refractivity contribution in [1.29, 1.82) is 0 Å². The second-order valence-corrected chi connectivity index (χ2v) is 9.87. The van der Waals surface area contributed by atoms with Crippen LogP contribution in [0, 0.1) is 13.8 Å². The third-order valence-corrected chi connectivity index (χ3v) is 7.01. The summed E-state index contributed by atoms with van der Waals surface area (Å²) in [7, 11) is 0. The van der Waals surface area contributed by atoms with E-state index in [9.17, 15) is 4.79 Å². The van der Waals surface area contributed by atoms with Crippen LogP contribution in [0.3, 0.4) is 0 Å². The summed E-state index contributed by atoms with van der Waals surface area (Å²) in [6.07, 6.45) is 0. The lowest BCUT2D eigenvalue weighted by atomic mass is 10.0. The van der Waals surface area contributed by atoms with Crippen LogP contribution in [-0.4, -0.2) is 32.1 Å². The number of fused-ring (bicyclic) bond motifs is 1. The number of aryl methyl sites for hydroxylation is 2. The molecule has 0 spiro atoms. The van der Waals surface area contributed by atoms with Gasteiger partial charge in [0.1, 0.15) is 0 Å². The van der Waals surface area contributed by atoms with Gasteiger partial charge in [-0.1, -0.05) is 95.7 Å². The van der Waals surface area contributed by atoms with E-state index in [-0.39, 0.29) is 11.7 Å². The molecule has 1 amide bonds. The maximum absolute atomic E-state index is 12.7. The van der Waals surface area contributed by atoms with Gasteiger partial charge in [-0.3, -0.25) is 9.36 Å². The number of hydrogen-bond acceptors (Lipinski definition) is 5. The van der Waals surface area contributed by atoms with E-state index in [1.165, 1.54) is 28.3 Å². The Morgan fingerprint density at radius 2 is 1.54 bits per heavy atom. The molecule has 0 saturated heterocycles. The average Bonchev–Trinajstić information content (AvgIpc) is 3.35. The second-order valence-electron chi connectivity index (χ2n) is 8.93. The number of hydrogen-bond donors (Lipinski definition) is 1. The van der Waals surface area contributed by atoms with Crippen molar-refractivity contribution in [2.75, 3.05) is 5.75 Å². The fraction of sp³-hybridized carbons (Fsp3) is 0.133. The van der Waals surface area contributed by atoms with Gasteiger partial charge in [0.05, 0.1) is 11.5 Å². The van der Waals surface area contributed by atoms with E-state index in [1.54, 1.807) is 0 Å². The van der Waals surface area contributed by atoms with Crippen molar-refractivity contribution in [1.82, 2.24) is 20.2 Å². The van der Waals surface area contributed by atoms with Crippen LogP contribution in [-0.2, 0) is 4.79 Å². The minimum Gasteiger partial charge on any atom is -0.272 e. The second kappa shape index (κ2) is 10.8. The molecule has 0 atom stereocenters. The van der Waals surface area contributed by atoms with Crippen molar-refractivity contribution in [3.63, 3.8) is 0 Å². The number of hydrazone groups is 1. The lowest BCUT2D eigenvalue weighted by Gasteiger charge is -2.11. The molecule has 37 heavy (non-hydrogen) atoms. The molecule has 4 aromatic carbocycles. The van der Waals surface area contributed by atoms with Crippen molar-refractivity contribution < 1.29 is 4.79 Å². The number of aromatic nitrogens is 3. The third-order valence-electron chi connectivity index (χ3n) is 6.08. The van der Waals surface area contributed by atoms with E-state index in [0.29, 0.717) is 5.16 Å². The molecule has 5 aromatic rings. The smallest absolute Gasteiger partial charge is 0.250 e. The van der Waals surface area contributed by atoms with Crippen molar-refractivity contribution in [2.24, 2.45) is 5.10 Å². The molecule has 1 heterocycles. The normalized spacial score (nSPS) is 11.6. The number of carbonyl (C=O) groups is 1. The van der Waals surface area contributed by atoms with Crippen LogP contribution in [0.4, 0.5) is 0 Å². The first-order chi connectivity index (χ1) is 18.0. The first kappa shape index (κ1) is 24.5. The van der Waals surface area contributed by atoms with E-state index in [2.05, 4.69) is 83.1 Å². The minimum absolute atomic E-state index is 0.159. The summed E-state index contributed by atoms with van der Waals surface area (Å²) in [4.78, 5) is 12.7. The Balaban J connectivity index is 1.33. The van der Waals surface area contributed by atoms with Gasteiger partial charge in [-0.15, -0.1) is 10.2 Å². The molecular weight excluding hydrogens is 478 g/mol. The quantitative estimate of drug-likeness (QED) is 0.159. The van der Waals surface area contributed by atoms with Gasteiger partial charge >= 0.3 is 0 Å². The van der Waals surface area contributed by atoms with E-state index >= 15 is 0 Å². The van der Waals surface area contributed by atoms with Crippen LogP contribution < -0.4 is 5.43 Å². The van der Waals surface area contributed by atoms with Crippen LogP contribution in [0.5, 0.6) is 0 Å². The molecule has 0 aliphatic heterocycles. The molecule has 0 saturated carbocycles. The van der Waals surface area contributed by atoms with Gasteiger partial charge in [0.25, 0.3) is 5.91 Å². The summed E-state index contributed by atoms with van der Waals surface area (Å²) in [6, 6.07) is 30.7. The Bertz CT molecular complexity index is 1590. The fourth-order valence-corrected chi connectivity index (χ4v) is 4.71.